The van der Waals surface area contributed by atoms with Gasteiger partial charge in [0, 0.05) is 24.2 Å². The smallest absolute Gasteiger partial charge is 0.246 e. The highest BCUT2D eigenvalue weighted by molar-refractivity contribution is 5.93. The van der Waals surface area contributed by atoms with Crippen molar-refractivity contribution in [1.29, 1.82) is 0 Å². The van der Waals surface area contributed by atoms with Gasteiger partial charge in [-0.25, -0.2) is 0 Å². The first-order valence-corrected chi connectivity index (χ1v) is 10.2. The number of hydrogen-bond acceptors (Lipinski definition) is 3. The zero-order chi connectivity index (χ0) is 20.2. The van der Waals surface area contributed by atoms with E-state index in [9.17, 15) is 4.79 Å². The normalized spacial score (nSPS) is 16.4. The van der Waals surface area contributed by atoms with Gasteiger partial charge in [0.2, 0.25) is 5.91 Å². The summed E-state index contributed by atoms with van der Waals surface area (Å²) in [6.45, 7) is 6.04. The molecule has 5 heteroatoms. The SMILES string of the molecule is Cc1cc(CNC(=O)COC[C@H]2CCCO2)c2[nH]c(-c3ccccc3)c(C)c2c1. The third-order valence-electron chi connectivity index (χ3n) is 5.49. The molecule has 0 spiro atoms. The van der Waals surface area contributed by atoms with E-state index in [4.69, 9.17) is 9.47 Å². The second-order valence-corrected chi connectivity index (χ2v) is 7.76. The Morgan fingerprint density at radius 3 is 2.83 bits per heavy atom. The number of aryl methyl sites for hydroxylation is 2. The molecular formula is C24H28N2O3. The average Bonchev–Trinajstić information content (AvgIpc) is 3.35. The molecule has 1 aliphatic rings. The Kier molecular flexibility index (Phi) is 5.97. The molecule has 3 aromatic rings. The fraction of sp³-hybridized carbons (Fsp3) is 0.375. The molecule has 0 radical (unpaired) electrons. The first-order chi connectivity index (χ1) is 14.1. The number of aromatic nitrogens is 1. The van der Waals surface area contributed by atoms with Crippen molar-refractivity contribution < 1.29 is 14.3 Å². The highest BCUT2D eigenvalue weighted by Gasteiger charge is 2.16. The summed E-state index contributed by atoms with van der Waals surface area (Å²) in [5.74, 6) is -0.107. The molecule has 29 heavy (non-hydrogen) atoms. The molecule has 1 aliphatic heterocycles. The predicted octanol–water partition coefficient (Wildman–Crippen LogP) is 4.26. The van der Waals surface area contributed by atoms with Crippen LogP contribution < -0.4 is 5.32 Å². The minimum absolute atomic E-state index is 0.0633. The van der Waals surface area contributed by atoms with Crippen molar-refractivity contribution in [2.24, 2.45) is 0 Å². The number of benzene rings is 2. The molecule has 152 valence electrons. The van der Waals surface area contributed by atoms with Gasteiger partial charge in [-0.05, 0) is 49.4 Å². The highest BCUT2D eigenvalue weighted by Crippen LogP contribution is 2.32. The number of carbonyl (C=O) groups is 1. The lowest BCUT2D eigenvalue weighted by molar-refractivity contribution is -0.127. The molecular weight excluding hydrogens is 364 g/mol. The van der Waals surface area contributed by atoms with Gasteiger partial charge in [0.25, 0.3) is 0 Å². The molecule has 2 aromatic carbocycles. The van der Waals surface area contributed by atoms with Crippen LogP contribution in [0.15, 0.2) is 42.5 Å². The zero-order valence-corrected chi connectivity index (χ0v) is 17.1. The van der Waals surface area contributed by atoms with Gasteiger partial charge in [0.1, 0.15) is 6.61 Å². The molecule has 1 aromatic heterocycles. The van der Waals surface area contributed by atoms with Gasteiger partial charge in [-0.3, -0.25) is 4.79 Å². The minimum Gasteiger partial charge on any atom is -0.376 e. The maximum atomic E-state index is 12.2. The third kappa shape index (κ3) is 4.52. The number of hydrogen-bond donors (Lipinski definition) is 2. The number of fused-ring (bicyclic) bond motifs is 1. The van der Waals surface area contributed by atoms with Crippen molar-refractivity contribution in [3.63, 3.8) is 0 Å². The van der Waals surface area contributed by atoms with Crippen molar-refractivity contribution in [2.75, 3.05) is 19.8 Å². The fourth-order valence-corrected chi connectivity index (χ4v) is 3.99. The molecule has 0 saturated carbocycles. The number of nitrogens with one attached hydrogen (secondary N) is 2. The number of ether oxygens (including phenoxy) is 2. The molecule has 1 atom stereocenters. The first kappa shape index (κ1) is 19.7. The van der Waals surface area contributed by atoms with Crippen molar-refractivity contribution in [1.82, 2.24) is 10.3 Å². The molecule has 2 N–H and O–H groups in total. The van der Waals surface area contributed by atoms with Crippen LogP contribution in [-0.2, 0) is 20.8 Å². The van der Waals surface area contributed by atoms with E-state index in [0.29, 0.717) is 13.2 Å². The van der Waals surface area contributed by atoms with E-state index in [1.807, 2.05) is 18.2 Å². The average molecular weight is 392 g/mol. The van der Waals surface area contributed by atoms with Crippen LogP contribution in [0.5, 0.6) is 0 Å². The summed E-state index contributed by atoms with van der Waals surface area (Å²) < 4.78 is 11.0. The Labute approximate surface area is 171 Å². The van der Waals surface area contributed by atoms with E-state index in [0.717, 1.165) is 41.8 Å². The Balaban J connectivity index is 1.46. The summed E-state index contributed by atoms with van der Waals surface area (Å²) in [6.07, 6.45) is 2.22. The number of rotatable bonds is 7. The quantitative estimate of drug-likeness (QED) is 0.631. The van der Waals surface area contributed by atoms with Crippen LogP contribution in [0, 0.1) is 13.8 Å². The van der Waals surface area contributed by atoms with Crippen LogP contribution >= 0.6 is 0 Å². The summed E-state index contributed by atoms with van der Waals surface area (Å²) in [4.78, 5) is 15.8. The fourth-order valence-electron chi connectivity index (χ4n) is 3.99. The number of aromatic amines is 1. The van der Waals surface area contributed by atoms with Crippen LogP contribution in [0.3, 0.4) is 0 Å². The maximum Gasteiger partial charge on any atom is 0.246 e. The lowest BCUT2D eigenvalue weighted by Gasteiger charge is -2.11. The molecule has 0 aliphatic carbocycles. The summed E-state index contributed by atoms with van der Waals surface area (Å²) >= 11 is 0. The topological polar surface area (TPSA) is 63.4 Å². The van der Waals surface area contributed by atoms with E-state index in [-0.39, 0.29) is 18.6 Å². The lowest BCUT2D eigenvalue weighted by atomic mass is 10.0. The van der Waals surface area contributed by atoms with Gasteiger partial charge in [-0.2, -0.15) is 0 Å². The number of H-pyrrole nitrogens is 1. The zero-order valence-electron chi connectivity index (χ0n) is 17.1. The van der Waals surface area contributed by atoms with Gasteiger partial charge in [-0.1, -0.05) is 42.0 Å². The van der Waals surface area contributed by atoms with Gasteiger partial charge in [0.15, 0.2) is 0 Å². The Hall–Kier alpha value is -2.63. The van der Waals surface area contributed by atoms with Crippen LogP contribution in [0.4, 0.5) is 0 Å². The third-order valence-corrected chi connectivity index (χ3v) is 5.49. The standard InChI is InChI=1S/C24H28N2O3/c1-16-11-19(13-25-22(27)15-28-14-20-9-6-10-29-20)24-21(12-16)17(2)23(26-24)18-7-4-3-5-8-18/h3-5,7-8,11-12,20,26H,6,9-10,13-15H2,1-2H3,(H,25,27)/t20-/m1/s1. The molecule has 2 heterocycles. The Bertz CT molecular complexity index is 988. The Morgan fingerprint density at radius 1 is 1.24 bits per heavy atom. The van der Waals surface area contributed by atoms with Gasteiger partial charge in [0.05, 0.1) is 18.2 Å². The number of amides is 1. The maximum absolute atomic E-state index is 12.2. The van der Waals surface area contributed by atoms with E-state index in [1.54, 1.807) is 0 Å². The van der Waals surface area contributed by atoms with Crippen molar-refractivity contribution in [2.45, 2.75) is 39.3 Å². The first-order valence-electron chi connectivity index (χ1n) is 10.2. The summed E-state index contributed by atoms with van der Waals surface area (Å²) in [5, 5.41) is 4.18. The highest BCUT2D eigenvalue weighted by atomic mass is 16.5. The lowest BCUT2D eigenvalue weighted by Crippen LogP contribution is -2.28. The van der Waals surface area contributed by atoms with E-state index in [2.05, 4.69) is 48.4 Å². The molecule has 5 nitrogen and oxygen atoms in total. The second kappa shape index (κ2) is 8.80. The summed E-state index contributed by atoms with van der Waals surface area (Å²) in [6, 6.07) is 14.7. The minimum atomic E-state index is -0.107. The van der Waals surface area contributed by atoms with E-state index < -0.39 is 0 Å². The summed E-state index contributed by atoms with van der Waals surface area (Å²) in [7, 11) is 0. The summed E-state index contributed by atoms with van der Waals surface area (Å²) in [5.41, 5.74) is 6.85. The van der Waals surface area contributed by atoms with Gasteiger partial charge < -0.3 is 19.8 Å². The van der Waals surface area contributed by atoms with Gasteiger partial charge >= 0.3 is 0 Å². The van der Waals surface area contributed by atoms with Crippen LogP contribution in [0.25, 0.3) is 22.2 Å². The predicted molar refractivity (Wildman–Crippen MR) is 115 cm³/mol. The second-order valence-electron chi connectivity index (χ2n) is 7.76. The molecule has 1 amide bonds. The largest absolute Gasteiger partial charge is 0.376 e. The van der Waals surface area contributed by atoms with Crippen molar-refractivity contribution in [3.8, 4) is 11.3 Å². The van der Waals surface area contributed by atoms with Gasteiger partial charge in [-0.15, -0.1) is 0 Å². The van der Waals surface area contributed by atoms with E-state index in [1.165, 1.54) is 16.5 Å². The molecule has 4 rings (SSSR count). The molecule has 0 bridgehead atoms. The molecule has 1 saturated heterocycles. The van der Waals surface area contributed by atoms with Crippen molar-refractivity contribution in [3.05, 3.63) is 59.2 Å². The van der Waals surface area contributed by atoms with Crippen LogP contribution in [0.2, 0.25) is 0 Å². The van der Waals surface area contributed by atoms with Crippen LogP contribution in [0.1, 0.15) is 29.5 Å². The monoisotopic (exact) mass is 392 g/mol. The van der Waals surface area contributed by atoms with Crippen LogP contribution in [-0.4, -0.2) is 36.8 Å². The Morgan fingerprint density at radius 2 is 2.07 bits per heavy atom. The molecule has 0 unspecified atom stereocenters. The van der Waals surface area contributed by atoms with Crippen molar-refractivity contribution >= 4 is 16.8 Å². The number of carbonyl (C=O) groups excluding carboxylic acids is 1. The molecule has 1 fully saturated rings. The van der Waals surface area contributed by atoms with E-state index >= 15 is 0 Å².